The van der Waals surface area contributed by atoms with Crippen LogP contribution in [0.5, 0.6) is 0 Å². The van der Waals surface area contributed by atoms with Gasteiger partial charge in [0.05, 0.1) is 10.5 Å². The van der Waals surface area contributed by atoms with E-state index in [2.05, 4.69) is 16.6 Å². The Bertz CT molecular complexity index is 752. The van der Waals surface area contributed by atoms with Gasteiger partial charge >= 0.3 is 5.97 Å². The zero-order valence-corrected chi connectivity index (χ0v) is 15.6. The fourth-order valence-corrected chi connectivity index (χ4v) is 3.69. The predicted octanol–water partition coefficient (Wildman–Crippen LogP) is 1.75. The van der Waals surface area contributed by atoms with Gasteiger partial charge in [-0.05, 0) is 44.0 Å². The predicted molar refractivity (Wildman–Crippen MR) is 97.1 cm³/mol. The van der Waals surface area contributed by atoms with E-state index in [0.29, 0.717) is 0 Å². The summed E-state index contributed by atoms with van der Waals surface area (Å²) >= 11 is 0. The fraction of sp³-hybridized carbons (Fsp3) is 0.444. The van der Waals surface area contributed by atoms with Gasteiger partial charge in [-0.1, -0.05) is 18.9 Å². The number of benzene rings is 1. The third-order valence-electron chi connectivity index (χ3n) is 4.17. The van der Waals surface area contributed by atoms with E-state index in [1.165, 1.54) is 37.3 Å². The summed E-state index contributed by atoms with van der Waals surface area (Å²) in [5.41, 5.74) is 0.174. The molecule has 26 heavy (non-hydrogen) atoms. The maximum atomic E-state index is 12.1. The summed E-state index contributed by atoms with van der Waals surface area (Å²) < 4.78 is 31.5. The van der Waals surface area contributed by atoms with E-state index in [4.69, 9.17) is 4.74 Å². The summed E-state index contributed by atoms with van der Waals surface area (Å²) in [6.07, 6.45) is 4.60. The van der Waals surface area contributed by atoms with Gasteiger partial charge in [0.2, 0.25) is 10.0 Å². The number of amides is 1. The number of rotatable bonds is 8. The van der Waals surface area contributed by atoms with Gasteiger partial charge in [-0.15, -0.1) is 6.58 Å². The summed E-state index contributed by atoms with van der Waals surface area (Å²) in [7, 11) is -3.65. The number of ether oxygens (including phenoxy) is 1. The second-order valence-corrected chi connectivity index (χ2v) is 7.97. The largest absolute Gasteiger partial charge is 0.449 e. The molecule has 0 spiro atoms. The minimum absolute atomic E-state index is 0.0305. The summed E-state index contributed by atoms with van der Waals surface area (Å²) in [5.74, 6) is -1.000. The molecule has 7 nitrogen and oxygen atoms in total. The van der Waals surface area contributed by atoms with Crippen LogP contribution in [0.3, 0.4) is 0 Å². The molecule has 0 bridgehead atoms. The minimum atomic E-state index is -3.65. The van der Waals surface area contributed by atoms with E-state index in [0.717, 1.165) is 25.7 Å². The number of nitrogens with one attached hydrogen (secondary N) is 2. The number of esters is 1. The molecule has 1 fully saturated rings. The zero-order chi connectivity index (χ0) is 19.2. The third kappa shape index (κ3) is 5.40. The Morgan fingerprint density at radius 2 is 1.88 bits per heavy atom. The van der Waals surface area contributed by atoms with Crippen LogP contribution in [0.4, 0.5) is 0 Å². The van der Waals surface area contributed by atoms with Crippen LogP contribution in [0, 0.1) is 0 Å². The molecule has 1 aromatic rings. The van der Waals surface area contributed by atoms with Crippen LogP contribution < -0.4 is 10.0 Å². The van der Waals surface area contributed by atoms with Crippen molar-refractivity contribution in [1.29, 1.82) is 0 Å². The highest BCUT2D eigenvalue weighted by molar-refractivity contribution is 7.89. The van der Waals surface area contributed by atoms with Gasteiger partial charge in [0.1, 0.15) is 0 Å². The molecule has 0 unspecified atom stereocenters. The molecule has 1 atom stereocenters. The molecule has 1 aliphatic carbocycles. The summed E-state index contributed by atoms with van der Waals surface area (Å²) in [5, 5.41) is 2.87. The monoisotopic (exact) mass is 380 g/mol. The van der Waals surface area contributed by atoms with Gasteiger partial charge in [0.15, 0.2) is 6.10 Å². The van der Waals surface area contributed by atoms with Crippen molar-refractivity contribution in [2.45, 2.75) is 49.6 Å². The van der Waals surface area contributed by atoms with E-state index in [9.17, 15) is 18.0 Å². The topological polar surface area (TPSA) is 102 Å². The minimum Gasteiger partial charge on any atom is -0.449 e. The highest BCUT2D eigenvalue weighted by atomic mass is 32.2. The van der Waals surface area contributed by atoms with Crippen LogP contribution in [-0.2, 0) is 19.6 Å². The maximum Gasteiger partial charge on any atom is 0.338 e. The molecule has 1 saturated carbocycles. The van der Waals surface area contributed by atoms with Crippen LogP contribution in [0.1, 0.15) is 43.0 Å². The van der Waals surface area contributed by atoms with Crippen LogP contribution >= 0.6 is 0 Å². The highest BCUT2D eigenvalue weighted by Crippen LogP contribution is 2.18. The van der Waals surface area contributed by atoms with Crippen molar-refractivity contribution in [2.75, 3.05) is 6.54 Å². The molecule has 8 heteroatoms. The average molecular weight is 380 g/mol. The number of hydrogen-bond donors (Lipinski definition) is 2. The lowest BCUT2D eigenvalue weighted by atomic mass is 10.2. The van der Waals surface area contributed by atoms with Gasteiger partial charge in [-0.2, -0.15) is 0 Å². The number of carbonyl (C=O) groups excluding carboxylic acids is 2. The van der Waals surface area contributed by atoms with Gasteiger partial charge < -0.3 is 10.1 Å². The van der Waals surface area contributed by atoms with Crippen molar-refractivity contribution in [3.05, 3.63) is 42.5 Å². The Morgan fingerprint density at radius 1 is 1.27 bits per heavy atom. The summed E-state index contributed by atoms with van der Waals surface area (Å²) in [4.78, 5) is 24.2. The van der Waals surface area contributed by atoms with E-state index in [-0.39, 0.29) is 29.0 Å². The highest BCUT2D eigenvalue weighted by Gasteiger charge is 2.23. The first-order valence-electron chi connectivity index (χ1n) is 8.55. The molecule has 142 valence electrons. The standard InChI is InChI=1S/C18H24N2O5S/c1-3-12-19-26(23,24)16-10-8-14(9-11-16)18(22)25-13(2)17(21)20-15-6-4-5-7-15/h3,8-11,13,15,19H,1,4-7,12H2,2H3,(H,20,21)/t13-/m1/s1. The van der Waals surface area contributed by atoms with E-state index >= 15 is 0 Å². The van der Waals surface area contributed by atoms with Crippen LogP contribution in [0.2, 0.25) is 0 Å². The molecule has 0 heterocycles. The number of hydrogen-bond acceptors (Lipinski definition) is 5. The SMILES string of the molecule is C=CCNS(=O)(=O)c1ccc(C(=O)O[C@H](C)C(=O)NC2CCCC2)cc1. The van der Waals surface area contributed by atoms with Crippen molar-refractivity contribution in [2.24, 2.45) is 0 Å². The van der Waals surface area contributed by atoms with Gasteiger partial charge in [0.25, 0.3) is 5.91 Å². The lowest BCUT2D eigenvalue weighted by molar-refractivity contribution is -0.129. The molecular formula is C18H24N2O5S. The van der Waals surface area contributed by atoms with Gasteiger partial charge in [-0.25, -0.2) is 17.9 Å². The van der Waals surface area contributed by atoms with Crippen LogP contribution in [0.25, 0.3) is 0 Å². The van der Waals surface area contributed by atoms with E-state index in [1.807, 2.05) is 0 Å². The first kappa shape index (κ1) is 20.1. The molecule has 1 aromatic carbocycles. The Morgan fingerprint density at radius 3 is 2.46 bits per heavy atom. The van der Waals surface area contributed by atoms with Crippen LogP contribution in [-0.4, -0.2) is 39.0 Å². The van der Waals surface area contributed by atoms with Crippen molar-refractivity contribution >= 4 is 21.9 Å². The average Bonchev–Trinajstić information content (AvgIpc) is 3.13. The number of carbonyl (C=O) groups is 2. The van der Waals surface area contributed by atoms with E-state index in [1.54, 1.807) is 0 Å². The first-order valence-corrected chi connectivity index (χ1v) is 10.0. The Balaban J connectivity index is 1.94. The first-order chi connectivity index (χ1) is 12.3. The molecule has 0 saturated heterocycles. The number of sulfonamides is 1. The lowest BCUT2D eigenvalue weighted by Gasteiger charge is -2.17. The molecule has 2 N–H and O–H groups in total. The van der Waals surface area contributed by atoms with Crippen molar-refractivity contribution in [3.8, 4) is 0 Å². The quantitative estimate of drug-likeness (QED) is 0.528. The smallest absolute Gasteiger partial charge is 0.338 e. The van der Waals surface area contributed by atoms with Crippen molar-refractivity contribution < 1.29 is 22.7 Å². The Kier molecular flexibility index (Phi) is 6.93. The van der Waals surface area contributed by atoms with Crippen LogP contribution in [0.15, 0.2) is 41.8 Å². The lowest BCUT2D eigenvalue weighted by Crippen LogP contribution is -2.40. The third-order valence-corrected chi connectivity index (χ3v) is 5.61. The molecular weight excluding hydrogens is 356 g/mol. The van der Waals surface area contributed by atoms with Gasteiger partial charge in [-0.3, -0.25) is 4.79 Å². The second kappa shape index (κ2) is 8.95. The van der Waals surface area contributed by atoms with E-state index < -0.39 is 22.1 Å². The fourth-order valence-electron chi connectivity index (χ4n) is 2.69. The summed E-state index contributed by atoms with van der Waals surface area (Å²) in [6, 6.07) is 5.48. The van der Waals surface area contributed by atoms with Crippen molar-refractivity contribution in [1.82, 2.24) is 10.0 Å². The Labute approximate surface area is 153 Å². The maximum absolute atomic E-state index is 12.1. The Hall–Kier alpha value is -2.19. The van der Waals surface area contributed by atoms with Gasteiger partial charge in [0, 0.05) is 12.6 Å². The molecule has 0 aromatic heterocycles. The second-order valence-electron chi connectivity index (χ2n) is 6.20. The molecule has 0 aliphatic heterocycles. The zero-order valence-electron chi connectivity index (χ0n) is 14.7. The molecule has 0 radical (unpaired) electrons. The van der Waals surface area contributed by atoms with Crippen molar-refractivity contribution in [3.63, 3.8) is 0 Å². The molecule has 1 amide bonds. The molecule has 1 aliphatic rings. The summed E-state index contributed by atoms with van der Waals surface area (Å²) in [6.45, 7) is 5.07. The normalized spacial score (nSPS) is 16.0. The molecule has 2 rings (SSSR count).